The summed E-state index contributed by atoms with van der Waals surface area (Å²) in [6, 6.07) is 5.86. The van der Waals surface area contributed by atoms with Crippen LogP contribution in [0.4, 0.5) is 13.2 Å². The Labute approximate surface area is 119 Å². The van der Waals surface area contributed by atoms with Crippen LogP contribution in [-0.4, -0.2) is 11.3 Å². The molecular weight excluding hydrogens is 287 g/mol. The maximum atomic E-state index is 12.2. The predicted molar refractivity (Wildman–Crippen MR) is 72.9 cm³/mol. The molecule has 1 heterocycles. The molecule has 0 saturated heterocycles. The highest BCUT2D eigenvalue weighted by molar-refractivity contribution is 7.13. The fourth-order valence-electron chi connectivity index (χ4n) is 1.58. The largest absolute Gasteiger partial charge is 0.573 e. The van der Waals surface area contributed by atoms with Crippen LogP contribution in [0.2, 0.25) is 0 Å². The van der Waals surface area contributed by atoms with Crippen molar-refractivity contribution in [1.29, 1.82) is 0 Å². The van der Waals surface area contributed by atoms with E-state index < -0.39 is 6.36 Å². The number of alkyl halides is 3. The van der Waals surface area contributed by atoms with Gasteiger partial charge in [0.2, 0.25) is 0 Å². The van der Waals surface area contributed by atoms with E-state index in [9.17, 15) is 13.2 Å². The molecule has 0 saturated carbocycles. The van der Waals surface area contributed by atoms with Crippen LogP contribution < -0.4 is 4.74 Å². The van der Waals surface area contributed by atoms with Gasteiger partial charge in [0.25, 0.3) is 0 Å². The van der Waals surface area contributed by atoms with Gasteiger partial charge in [-0.05, 0) is 12.1 Å². The van der Waals surface area contributed by atoms with Crippen molar-refractivity contribution < 1.29 is 17.9 Å². The molecule has 0 aliphatic heterocycles. The number of rotatable bonds is 2. The standard InChI is InChI=1S/C14H14F3NOS/c1-13(2,3)11-8-20-12(18-11)9-5-4-6-10(7-9)19-14(15,16)17/h4-8H,1-3H3. The summed E-state index contributed by atoms with van der Waals surface area (Å²) in [5, 5.41) is 2.61. The summed E-state index contributed by atoms with van der Waals surface area (Å²) in [6.45, 7) is 6.11. The van der Waals surface area contributed by atoms with Crippen LogP contribution in [-0.2, 0) is 5.41 Å². The van der Waals surface area contributed by atoms with Gasteiger partial charge in [-0.25, -0.2) is 4.98 Å². The number of ether oxygens (including phenoxy) is 1. The Kier molecular flexibility index (Phi) is 3.77. The lowest BCUT2D eigenvalue weighted by Crippen LogP contribution is -2.17. The number of benzene rings is 1. The maximum absolute atomic E-state index is 12.2. The van der Waals surface area contributed by atoms with Gasteiger partial charge in [0.05, 0.1) is 5.69 Å². The molecule has 0 amide bonds. The molecule has 0 spiro atoms. The number of hydrogen-bond donors (Lipinski definition) is 0. The summed E-state index contributed by atoms with van der Waals surface area (Å²) in [5.41, 5.74) is 1.45. The summed E-state index contributed by atoms with van der Waals surface area (Å²) in [7, 11) is 0. The minimum Gasteiger partial charge on any atom is -0.406 e. The zero-order chi connectivity index (χ0) is 15.0. The van der Waals surface area contributed by atoms with E-state index in [0.717, 1.165) is 5.69 Å². The zero-order valence-electron chi connectivity index (χ0n) is 11.3. The second-order valence-electron chi connectivity index (χ2n) is 5.36. The van der Waals surface area contributed by atoms with Crippen molar-refractivity contribution in [1.82, 2.24) is 4.98 Å². The van der Waals surface area contributed by atoms with Crippen LogP contribution in [0.3, 0.4) is 0 Å². The van der Waals surface area contributed by atoms with E-state index in [1.807, 2.05) is 26.2 Å². The average molecular weight is 301 g/mol. The topological polar surface area (TPSA) is 22.1 Å². The highest BCUT2D eigenvalue weighted by atomic mass is 32.1. The minimum absolute atomic E-state index is 0.0885. The van der Waals surface area contributed by atoms with Crippen LogP contribution in [0.5, 0.6) is 5.75 Å². The molecule has 2 nitrogen and oxygen atoms in total. The molecule has 2 aromatic rings. The second-order valence-corrected chi connectivity index (χ2v) is 6.22. The highest BCUT2D eigenvalue weighted by Gasteiger charge is 2.31. The lowest BCUT2D eigenvalue weighted by Gasteiger charge is -2.14. The Morgan fingerprint density at radius 3 is 2.40 bits per heavy atom. The van der Waals surface area contributed by atoms with E-state index in [-0.39, 0.29) is 11.2 Å². The van der Waals surface area contributed by atoms with Crippen LogP contribution >= 0.6 is 11.3 Å². The summed E-state index contributed by atoms with van der Waals surface area (Å²) < 4.78 is 40.5. The molecular formula is C14H14F3NOS. The van der Waals surface area contributed by atoms with Gasteiger partial charge in [0.15, 0.2) is 0 Å². The van der Waals surface area contributed by atoms with Gasteiger partial charge in [0.1, 0.15) is 10.8 Å². The quantitative estimate of drug-likeness (QED) is 0.778. The molecule has 0 bridgehead atoms. The SMILES string of the molecule is CC(C)(C)c1csc(-c2cccc(OC(F)(F)F)c2)n1. The molecule has 6 heteroatoms. The molecule has 1 aromatic heterocycles. The van der Waals surface area contributed by atoms with Crippen molar-refractivity contribution in [2.75, 3.05) is 0 Å². The van der Waals surface area contributed by atoms with Crippen molar-refractivity contribution in [2.45, 2.75) is 32.5 Å². The summed E-state index contributed by atoms with van der Waals surface area (Å²) in [5.74, 6) is -0.234. The molecule has 0 unspecified atom stereocenters. The molecule has 0 aliphatic rings. The Balaban J connectivity index is 2.29. The average Bonchev–Trinajstić information content (AvgIpc) is 2.75. The van der Waals surface area contributed by atoms with Gasteiger partial charge >= 0.3 is 6.36 Å². The van der Waals surface area contributed by atoms with Gasteiger partial charge in [-0.15, -0.1) is 24.5 Å². The first-order valence-corrected chi connectivity index (χ1v) is 6.85. The lowest BCUT2D eigenvalue weighted by molar-refractivity contribution is -0.274. The lowest BCUT2D eigenvalue weighted by atomic mass is 9.93. The van der Waals surface area contributed by atoms with Crippen molar-refractivity contribution in [3.05, 3.63) is 35.3 Å². The van der Waals surface area contributed by atoms with Crippen LogP contribution in [0, 0.1) is 0 Å². The van der Waals surface area contributed by atoms with E-state index in [1.54, 1.807) is 6.07 Å². The maximum Gasteiger partial charge on any atom is 0.573 e. The fraction of sp³-hybridized carbons (Fsp3) is 0.357. The third-order valence-corrected chi connectivity index (χ3v) is 3.48. The molecule has 20 heavy (non-hydrogen) atoms. The first-order valence-electron chi connectivity index (χ1n) is 5.97. The van der Waals surface area contributed by atoms with Crippen LogP contribution in [0.1, 0.15) is 26.5 Å². The van der Waals surface area contributed by atoms with E-state index in [0.29, 0.717) is 10.6 Å². The second kappa shape index (κ2) is 5.09. The van der Waals surface area contributed by atoms with Gasteiger partial charge < -0.3 is 4.74 Å². The van der Waals surface area contributed by atoms with Gasteiger partial charge in [-0.2, -0.15) is 0 Å². The van der Waals surface area contributed by atoms with E-state index in [1.165, 1.54) is 29.5 Å². The molecule has 2 rings (SSSR count). The smallest absolute Gasteiger partial charge is 0.406 e. The van der Waals surface area contributed by atoms with E-state index in [4.69, 9.17) is 0 Å². The molecule has 0 fully saturated rings. The number of aromatic nitrogens is 1. The van der Waals surface area contributed by atoms with Crippen LogP contribution in [0.15, 0.2) is 29.6 Å². The number of halogens is 3. The Morgan fingerprint density at radius 2 is 1.85 bits per heavy atom. The summed E-state index contributed by atoms with van der Waals surface area (Å²) in [6.07, 6.45) is -4.68. The molecule has 0 atom stereocenters. The summed E-state index contributed by atoms with van der Waals surface area (Å²) in [4.78, 5) is 4.47. The third kappa shape index (κ3) is 3.72. The molecule has 0 N–H and O–H groups in total. The molecule has 108 valence electrons. The van der Waals surface area contributed by atoms with Crippen molar-refractivity contribution in [3.8, 4) is 16.3 Å². The van der Waals surface area contributed by atoms with Crippen molar-refractivity contribution in [2.24, 2.45) is 0 Å². The predicted octanol–water partition coefficient (Wildman–Crippen LogP) is 5.01. The summed E-state index contributed by atoms with van der Waals surface area (Å²) >= 11 is 1.41. The molecule has 0 radical (unpaired) electrons. The monoisotopic (exact) mass is 301 g/mol. The minimum atomic E-state index is -4.68. The molecule has 0 aliphatic carbocycles. The number of nitrogens with zero attached hydrogens (tertiary/aromatic N) is 1. The van der Waals surface area contributed by atoms with Gasteiger partial charge in [-0.3, -0.25) is 0 Å². The highest BCUT2D eigenvalue weighted by Crippen LogP contribution is 2.32. The number of thiazole rings is 1. The van der Waals surface area contributed by atoms with E-state index >= 15 is 0 Å². The first-order chi connectivity index (χ1) is 9.15. The Bertz CT molecular complexity index is 599. The zero-order valence-corrected chi connectivity index (χ0v) is 12.1. The normalized spacial score (nSPS) is 12.5. The van der Waals surface area contributed by atoms with E-state index in [2.05, 4.69) is 9.72 Å². The Morgan fingerprint density at radius 1 is 1.15 bits per heavy atom. The van der Waals surface area contributed by atoms with Gasteiger partial charge in [-0.1, -0.05) is 32.9 Å². The van der Waals surface area contributed by atoms with Gasteiger partial charge in [0, 0.05) is 16.4 Å². The first kappa shape index (κ1) is 14.8. The third-order valence-electron chi connectivity index (χ3n) is 2.59. The van der Waals surface area contributed by atoms with Crippen molar-refractivity contribution >= 4 is 11.3 Å². The fourth-order valence-corrected chi connectivity index (χ4v) is 2.62. The van der Waals surface area contributed by atoms with Crippen LogP contribution in [0.25, 0.3) is 10.6 Å². The van der Waals surface area contributed by atoms with Crippen molar-refractivity contribution in [3.63, 3.8) is 0 Å². The Hall–Kier alpha value is -1.56. The molecule has 1 aromatic carbocycles. The number of hydrogen-bond acceptors (Lipinski definition) is 3.